The number of ether oxygens (including phenoxy) is 3. The summed E-state index contributed by atoms with van der Waals surface area (Å²) in [5, 5.41) is 9.19. The molecule has 1 N–H and O–H groups in total. The maximum atomic E-state index is 11.9. The van der Waals surface area contributed by atoms with Crippen LogP contribution in [0.15, 0.2) is 0 Å². The van der Waals surface area contributed by atoms with Gasteiger partial charge in [0.15, 0.2) is 0 Å². The average Bonchev–Trinajstić information content (AvgIpc) is 2.98. The molecule has 0 spiro atoms. The van der Waals surface area contributed by atoms with Gasteiger partial charge < -0.3 is 28.4 Å². The van der Waals surface area contributed by atoms with Crippen LogP contribution in [0.25, 0.3) is 0 Å². The van der Waals surface area contributed by atoms with Crippen molar-refractivity contribution in [2.24, 2.45) is 0 Å². The van der Waals surface area contributed by atoms with Gasteiger partial charge in [0, 0.05) is 19.1 Å². The smallest absolute Gasteiger partial charge is 0.319 e. The van der Waals surface area contributed by atoms with Gasteiger partial charge in [-0.15, -0.1) is 0 Å². The molecule has 7 nitrogen and oxygen atoms in total. The maximum absolute atomic E-state index is 11.9. The first-order valence-electron chi connectivity index (χ1n) is 7.31. The van der Waals surface area contributed by atoms with Crippen LogP contribution in [0, 0.1) is 0 Å². The second kappa shape index (κ2) is 8.11. The fraction of sp³-hybridized carbons (Fsp3) is 1.00. The highest BCUT2D eigenvalue weighted by Crippen LogP contribution is 2.34. The molecule has 2 rings (SSSR count). The molecule has 2 heterocycles. The molecular formula is C11H23B2O7P. The van der Waals surface area contributed by atoms with Gasteiger partial charge in [0.1, 0.15) is 27.9 Å². The summed E-state index contributed by atoms with van der Waals surface area (Å²) in [6.45, 7) is 0.0206. The first-order valence-corrected chi connectivity index (χ1v) is 8.54. The molecule has 0 aromatic rings. The molecule has 0 amide bonds. The van der Waals surface area contributed by atoms with Crippen LogP contribution in [0.3, 0.4) is 0 Å². The predicted molar refractivity (Wildman–Crippen MR) is 81.4 cm³/mol. The van der Waals surface area contributed by atoms with E-state index in [2.05, 4.69) is 0 Å². The highest BCUT2D eigenvalue weighted by atomic mass is 31.1. The van der Waals surface area contributed by atoms with Gasteiger partial charge in [-0.3, -0.25) is 4.57 Å². The van der Waals surface area contributed by atoms with Crippen molar-refractivity contribution in [1.29, 1.82) is 0 Å². The maximum Gasteiger partial charge on any atom is 0.319 e. The molecule has 2 fully saturated rings. The molecule has 0 saturated carbocycles. The van der Waals surface area contributed by atoms with Gasteiger partial charge in [0.2, 0.25) is 0 Å². The summed E-state index contributed by atoms with van der Waals surface area (Å²) in [5.74, 6) is 0. The summed E-state index contributed by atoms with van der Waals surface area (Å²) < 4.78 is 39.0. The van der Waals surface area contributed by atoms with E-state index in [0.29, 0.717) is 6.42 Å². The SMILES string of the molecule is B[C@H]1C[C@@H](OC)C(CO[PH](=O)O[C@@H]2C[C@H](B)OC2CO)O1. The van der Waals surface area contributed by atoms with E-state index in [-0.39, 0.29) is 37.4 Å². The summed E-state index contributed by atoms with van der Waals surface area (Å²) in [4.78, 5) is 0. The molecule has 3 unspecified atom stereocenters. The largest absolute Gasteiger partial charge is 0.394 e. The third kappa shape index (κ3) is 4.79. The molecule has 0 bridgehead atoms. The fourth-order valence-corrected chi connectivity index (χ4v) is 3.69. The minimum atomic E-state index is -2.65. The summed E-state index contributed by atoms with van der Waals surface area (Å²) in [6.07, 6.45) is 0.296. The van der Waals surface area contributed by atoms with Crippen LogP contribution in [-0.2, 0) is 27.8 Å². The molecule has 0 aliphatic carbocycles. The van der Waals surface area contributed by atoms with E-state index in [1.54, 1.807) is 7.11 Å². The Morgan fingerprint density at radius 3 is 2.43 bits per heavy atom. The van der Waals surface area contributed by atoms with E-state index in [1.165, 1.54) is 0 Å². The molecule has 0 aromatic carbocycles. The first-order chi connectivity index (χ1) is 10.0. The second-order valence-corrected chi connectivity index (χ2v) is 6.64. The van der Waals surface area contributed by atoms with Crippen molar-refractivity contribution in [2.45, 2.75) is 49.3 Å². The van der Waals surface area contributed by atoms with E-state index >= 15 is 0 Å². The summed E-state index contributed by atoms with van der Waals surface area (Å²) in [7, 11) is 2.83. The molecule has 7 atom stereocenters. The standard InChI is InChI=1S/C11H23B2O7P/c1-16-6-2-10(12)19-9(6)5-17-21(15)20-7-3-11(13)18-8(7)4-14/h6-11,14,21H,2-5,12-13H2,1H3/t6-,7-,8?,9?,10-,11-/m1/s1. The molecule has 0 aromatic heterocycles. The predicted octanol–water partition coefficient (Wildman–Crippen LogP) is -1.72. The Labute approximate surface area is 127 Å². The van der Waals surface area contributed by atoms with Crippen molar-refractivity contribution in [3.8, 4) is 0 Å². The van der Waals surface area contributed by atoms with Crippen LogP contribution < -0.4 is 0 Å². The Morgan fingerprint density at radius 1 is 1.19 bits per heavy atom. The molecule has 2 aliphatic heterocycles. The van der Waals surface area contributed by atoms with Crippen molar-refractivity contribution in [1.82, 2.24) is 0 Å². The molecule has 120 valence electrons. The quantitative estimate of drug-likeness (QED) is 0.441. The number of rotatable bonds is 7. The Bertz CT molecular complexity index is 361. The van der Waals surface area contributed by atoms with Gasteiger partial charge in [-0.25, -0.2) is 0 Å². The zero-order chi connectivity index (χ0) is 15.4. The van der Waals surface area contributed by atoms with Crippen LogP contribution >= 0.6 is 8.25 Å². The summed E-state index contributed by atoms with van der Waals surface area (Å²) >= 11 is 0. The third-order valence-corrected chi connectivity index (χ3v) is 4.77. The zero-order valence-electron chi connectivity index (χ0n) is 12.7. The number of methoxy groups -OCH3 is 1. The molecule has 10 heteroatoms. The third-order valence-electron chi connectivity index (χ3n) is 3.87. The minimum Gasteiger partial charge on any atom is -0.394 e. The van der Waals surface area contributed by atoms with Gasteiger partial charge in [-0.1, -0.05) is 0 Å². The zero-order valence-corrected chi connectivity index (χ0v) is 13.7. The van der Waals surface area contributed by atoms with Gasteiger partial charge in [-0.05, 0) is 12.8 Å². The van der Waals surface area contributed by atoms with Crippen LogP contribution in [0.4, 0.5) is 0 Å². The van der Waals surface area contributed by atoms with E-state index in [4.69, 9.17) is 23.3 Å². The fourth-order valence-electron chi connectivity index (χ4n) is 2.83. The molecule has 2 aliphatic rings. The van der Waals surface area contributed by atoms with Crippen molar-refractivity contribution in [2.75, 3.05) is 20.3 Å². The number of aliphatic hydroxyl groups is 1. The topological polar surface area (TPSA) is 83.5 Å². The lowest BCUT2D eigenvalue weighted by Crippen LogP contribution is -2.28. The number of hydrogen-bond acceptors (Lipinski definition) is 7. The highest BCUT2D eigenvalue weighted by molar-refractivity contribution is 7.33. The average molecular weight is 320 g/mol. The summed E-state index contributed by atoms with van der Waals surface area (Å²) in [5.41, 5.74) is 0. The molecule has 21 heavy (non-hydrogen) atoms. The lowest BCUT2D eigenvalue weighted by molar-refractivity contribution is -0.0225. The second-order valence-electron chi connectivity index (χ2n) is 5.62. The van der Waals surface area contributed by atoms with E-state index in [1.807, 2.05) is 15.7 Å². The lowest BCUT2D eigenvalue weighted by atomic mass is 9.96. The Morgan fingerprint density at radius 2 is 1.81 bits per heavy atom. The first kappa shape index (κ1) is 17.5. The lowest BCUT2D eigenvalue weighted by Gasteiger charge is -2.19. The highest BCUT2D eigenvalue weighted by Gasteiger charge is 2.36. The van der Waals surface area contributed by atoms with Gasteiger partial charge in [0.05, 0.1) is 25.4 Å². The van der Waals surface area contributed by atoms with Crippen molar-refractivity contribution >= 4 is 23.9 Å². The van der Waals surface area contributed by atoms with Crippen LogP contribution in [0.1, 0.15) is 12.8 Å². The van der Waals surface area contributed by atoms with E-state index in [9.17, 15) is 9.67 Å². The molecular weight excluding hydrogens is 297 g/mol. The van der Waals surface area contributed by atoms with Gasteiger partial charge in [-0.2, -0.15) is 0 Å². The number of hydrogen-bond donors (Lipinski definition) is 1. The van der Waals surface area contributed by atoms with Crippen LogP contribution in [0.5, 0.6) is 0 Å². The van der Waals surface area contributed by atoms with Crippen molar-refractivity contribution < 1.29 is 32.9 Å². The van der Waals surface area contributed by atoms with Crippen LogP contribution in [0.2, 0.25) is 0 Å². The van der Waals surface area contributed by atoms with E-state index in [0.717, 1.165) is 6.42 Å². The molecule has 2 saturated heterocycles. The Hall–Kier alpha value is 0.120. The van der Waals surface area contributed by atoms with Crippen molar-refractivity contribution in [3.05, 3.63) is 0 Å². The number of aliphatic hydroxyl groups excluding tert-OH is 1. The molecule has 0 radical (unpaired) electrons. The van der Waals surface area contributed by atoms with Gasteiger partial charge in [0.25, 0.3) is 0 Å². The van der Waals surface area contributed by atoms with Gasteiger partial charge >= 0.3 is 8.25 Å². The van der Waals surface area contributed by atoms with Crippen LogP contribution in [-0.4, -0.2) is 77.5 Å². The Balaban J connectivity index is 1.75. The Kier molecular flexibility index (Phi) is 6.75. The minimum absolute atomic E-state index is 0.0150. The van der Waals surface area contributed by atoms with E-state index < -0.39 is 20.5 Å². The normalized spacial score (nSPS) is 41.4. The van der Waals surface area contributed by atoms with Crippen molar-refractivity contribution in [3.63, 3.8) is 0 Å². The monoisotopic (exact) mass is 320 g/mol. The summed E-state index contributed by atoms with van der Waals surface area (Å²) in [6, 6.07) is 0.0912.